The largest absolute Gasteiger partial charge is 0.416 e. The van der Waals surface area contributed by atoms with Crippen LogP contribution >= 0.6 is 11.3 Å². The summed E-state index contributed by atoms with van der Waals surface area (Å²) in [5.41, 5.74) is -0.0256. The SMILES string of the molecule is CCC(C)N(CC(=O)N(Cc1ccccc1)Cc1ccc(C)s1)C(=O)c1cccc(C(F)(F)F)c1. The average molecular weight is 503 g/mol. The van der Waals surface area contributed by atoms with Crippen molar-refractivity contribution in [2.45, 2.75) is 52.5 Å². The number of rotatable bonds is 9. The Morgan fingerprint density at radius 1 is 0.971 bits per heavy atom. The summed E-state index contributed by atoms with van der Waals surface area (Å²) in [6, 6.07) is 17.5. The van der Waals surface area contributed by atoms with Crippen molar-refractivity contribution < 1.29 is 22.8 Å². The molecule has 3 rings (SSSR count). The normalized spacial score (nSPS) is 12.3. The fourth-order valence-corrected chi connectivity index (χ4v) is 4.59. The fourth-order valence-electron chi connectivity index (χ4n) is 3.68. The van der Waals surface area contributed by atoms with E-state index in [-0.39, 0.29) is 24.1 Å². The molecule has 2 aromatic carbocycles. The molecule has 8 heteroatoms. The molecule has 0 bridgehead atoms. The molecule has 3 aromatic rings. The number of carbonyl (C=O) groups is 2. The van der Waals surface area contributed by atoms with Crippen LogP contribution in [0.25, 0.3) is 0 Å². The van der Waals surface area contributed by atoms with Crippen LogP contribution in [0, 0.1) is 6.92 Å². The topological polar surface area (TPSA) is 40.6 Å². The minimum absolute atomic E-state index is 0.0867. The molecule has 1 aromatic heterocycles. The molecule has 186 valence electrons. The number of hydrogen-bond donors (Lipinski definition) is 0. The molecular weight excluding hydrogens is 473 g/mol. The summed E-state index contributed by atoms with van der Waals surface area (Å²) in [5, 5.41) is 0. The second-order valence-electron chi connectivity index (χ2n) is 8.52. The Labute approximate surface area is 208 Å². The molecule has 0 spiro atoms. The number of carbonyl (C=O) groups excluding carboxylic acids is 2. The van der Waals surface area contributed by atoms with E-state index in [2.05, 4.69) is 0 Å². The Morgan fingerprint density at radius 2 is 1.69 bits per heavy atom. The molecule has 0 fully saturated rings. The highest BCUT2D eigenvalue weighted by atomic mass is 32.1. The lowest BCUT2D eigenvalue weighted by Crippen LogP contribution is -2.46. The van der Waals surface area contributed by atoms with Crippen molar-refractivity contribution in [2.75, 3.05) is 6.54 Å². The highest BCUT2D eigenvalue weighted by molar-refractivity contribution is 7.11. The highest BCUT2D eigenvalue weighted by Gasteiger charge is 2.32. The molecule has 0 aliphatic carbocycles. The Bertz CT molecular complexity index is 1140. The molecule has 1 heterocycles. The first-order chi connectivity index (χ1) is 16.6. The Morgan fingerprint density at radius 3 is 2.29 bits per heavy atom. The molecule has 0 aliphatic heterocycles. The predicted molar refractivity (Wildman–Crippen MR) is 132 cm³/mol. The molecule has 0 N–H and O–H groups in total. The van der Waals surface area contributed by atoms with Gasteiger partial charge in [-0.1, -0.05) is 43.3 Å². The maximum atomic E-state index is 13.5. The smallest absolute Gasteiger partial charge is 0.332 e. The third kappa shape index (κ3) is 7.18. The van der Waals surface area contributed by atoms with Gasteiger partial charge < -0.3 is 9.80 Å². The van der Waals surface area contributed by atoms with Crippen molar-refractivity contribution >= 4 is 23.2 Å². The monoisotopic (exact) mass is 502 g/mol. The van der Waals surface area contributed by atoms with Crippen molar-refractivity contribution in [3.8, 4) is 0 Å². The first kappa shape index (κ1) is 26.5. The van der Waals surface area contributed by atoms with E-state index in [9.17, 15) is 22.8 Å². The zero-order valence-corrected chi connectivity index (χ0v) is 20.8. The summed E-state index contributed by atoms with van der Waals surface area (Å²) in [7, 11) is 0. The Kier molecular flexibility index (Phi) is 8.72. The quantitative estimate of drug-likeness (QED) is 0.333. The molecule has 4 nitrogen and oxygen atoms in total. The van der Waals surface area contributed by atoms with E-state index in [0.29, 0.717) is 19.5 Å². The number of benzene rings is 2. The van der Waals surface area contributed by atoms with Gasteiger partial charge in [0.15, 0.2) is 0 Å². The number of hydrogen-bond acceptors (Lipinski definition) is 3. The second kappa shape index (κ2) is 11.5. The van der Waals surface area contributed by atoms with Gasteiger partial charge in [0.25, 0.3) is 5.91 Å². The molecule has 0 saturated heterocycles. The molecule has 2 amide bonds. The van der Waals surface area contributed by atoms with Crippen LogP contribution in [0.1, 0.15) is 51.5 Å². The van der Waals surface area contributed by atoms with Crippen molar-refractivity contribution in [3.63, 3.8) is 0 Å². The summed E-state index contributed by atoms with van der Waals surface area (Å²) in [6.07, 6.45) is -4.00. The predicted octanol–water partition coefficient (Wildman–Crippen LogP) is 6.55. The van der Waals surface area contributed by atoms with Gasteiger partial charge in [-0.25, -0.2) is 0 Å². The van der Waals surface area contributed by atoms with Gasteiger partial charge in [0.05, 0.1) is 12.1 Å². The second-order valence-corrected chi connectivity index (χ2v) is 9.89. The van der Waals surface area contributed by atoms with Crippen molar-refractivity contribution in [1.29, 1.82) is 0 Å². The number of aryl methyl sites for hydroxylation is 1. The van der Waals surface area contributed by atoms with Gasteiger partial charge in [0.1, 0.15) is 6.54 Å². The average Bonchev–Trinajstić information content (AvgIpc) is 3.25. The minimum atomic E-state index is -4.56. The van der Waals surface area contributed by atoms with E-state index in [4.69, 9.17) is 0 Å². The number of halogens is 3. The minimum Gasteiger partial charge on any atom is -0.332 e. The van der Waals surface area contributed by atoms with Crippen LogP contribution in [0.2, 0.25) is 0 Å². The van der Waals surface area contributed by atoms with Crippen LogP contribution in [-0.2, 0) is 24.1 Å². The molecule has 35 heavy (non-hydrogen) atoms. The summed E-state index contributed by atoms with van der Waals surface area (Å²) in [4.78, 5) is 32.0. The summed E-state index contributed by atoms with van der Waals surface area (Å²) in [5.74, 6) is -0.856. The fraction of sp³-hybridized carbons (Fsp3) is 0.333. The number of amides is 2. The van der Waals surface area contributed by atoms with Gasteiger partial charge in [-0.05, 0) is 56.2 Å². The van der Waals surface area contributed by atoms with E-state index in [0.717, 1.165) is 27.5 Å². The van der Waals surface area contributed by atoms with E-state index < -0.39 is 17.6 Å². The first-order valence-corrected chi connectivity index (χ1v) is 12.3. The van der Waals surface area contributed by atoms with Gasteiger partial charge in [-0.2, -0.15) is 13.2 Å². The lowest BCUT2D eigenvalue weighted by Gasteiger charge is -2.31. The molecule has 0 aliphatic rings. The van der Waals surface area contributed by atoms with Crippen LogP contribution in [0.3, 0.4) is 0 Å². The lowest BCUT2D eigenvalue weighted by molar-refractivity contribution is -0.137. The number of thiophene rings is 1. The highest BCUT2D eigenvalue weighted by Crippen LogP contribution is 2.30. The standard InChI is InChI=1S/C27H29F3N2O2S/c1-4-19(2)32(26(34)22-11-8-12-23(15-22)27(28,29)30)18-25(33)31(16-21-9-6-5-7-10-21)17-24-14-13-20(3)35-24/h5-15,19H,4,16-18H2,1-3H3. The third-order valence-corrected chi connectivity index (χ3v) is 6.82. The van der Waals surface area contributed by atoms with Gasteiger partial charge in [0.2, 0.25) is 5.91 Å². The maximum absolute atomic E-state index is 13.5. The van der Waals surface area contributed by atoms with Crippen LogP contribution < -0.4 is 0 Å². The van der Waals surface area contributed by atoms with Crippen LogP contribution in [0.4, 0.5) is 13.2 Å². The van der Waals surface area contributed by atoms with Crippen LogP contribution in [-0.4, -0.2) is 34.2 Å². The van der Waals surface area contributed by atoms with Gasteiger partial charge in [-0.3, -0.25) is 9.59 Å². The zero-order valence-electron chi connectivity index (χ0n) is 20.0. The zero-order chi connectivity index (χ0) is 25.6. The third-order valence-electron chi connectivity index (χ3n) is 5.84. The molecule has 0 saturated carbocycles. The van der Waals surface area contributed by atoms with Crippen LogP contribution in [0.5, 0.6) is 0 Å². The Balaban J connectivity index is 1.86. The van der Waals surface area contributed by atoms with E-state index in [1.54, 1.807) is 23.2 Å². The Hall–Kier alpha value is -3.13. The first-order valence-electron chi connectivity index (χ1n) is 11.4. The molecule has 1 unspecified atom stereocenters. The van der Waals surface area contributed by atoms with E-state index in [1.165, 1.54) is 17.0 Å². The van der Waals surface area contributed by atoms with Gasteiger partial charge >= 0.3 is 6.18 Å². The number of alkyl halides is 3. The molecule has 0 radical (unpaired) electrons. The summed E-state index contributed by atoms with van der Waals surface area (Å²) < 4.78 is 39.6. The van der Waals surface area contributed by atoms with Crippen molar-refractivity contribution in [2.24, 2.45) is 0 Å². The summed E-state index contributed by atoms with van der Waals surface area (Å²) in [6.45, 7) is 6.19. The van der Waals surface area contributed by atoms with Gasteiger partial charge in [0, 0.05) is 27.9 Å². The lowest BCUT2D eigenvalue weighted by atomic mass is 10.1. The van der Waals surface area contributed by atoms with Crippen molar-refractivity contribution in [1.82, 2.24) is 9.80 Å². The summed E-state index contributed by atoms with van der Waals surface area (Å²) >= 11 is 1.60. The van der Waals surface area contributed by atoms with Crippen LogP contribution in [0.15, 0.2) is 66.7 Å². The van der Waals surface area contributed by atoms with Crippen molar-refractivity contribution in [3.05, 3.63) is 93.2 Å². The van der Waals surface area contributed by atoms with E-state index in [1.807, 2.05) is 56.3 Å². The molecular formula is C27H29F3N2O2S. The maximum Gasteiger partial charge on any atom is 0.416 e. The van der Waals surface area contributed by atoms with E-state index >= 15 is 0 Å². The number of nitrogens with zero attached hydrogens (tertiary/aromatic N) is 2. The van der Waals surface area contributed by atoms with Gasteiger partial charge in [-0.15, -0.1) is 11.3 Å². The molecule has 1 atom stereocenters.